The third kappa shape index (κ3) is 8.50. The molecule has 2 fully saturated rings. The van der Waals surface area contributed by atoms with Gasteiger partial charge in [-0.15, -0.1) is 0 Å². The van der Waals surface area contributed by atoms with Crippen LogP contribution in [0.15, 0.2) is 66.7 Å². The fourth-order valence-corrected chi connectivity index (χ4v) is 5.61. The summed E-state index contributed by atoms with van der Waals surface area (Å²) in [4.78, 5) is 13.1. The largest absolute Gasteiger partial charge is 0.481 e. The second-order valence-corrected chi connectivity index (χ2v) is 10.3. The number of rotatable bonds is 13. The number of hydrogen-bond donors (Lipinski definition) is 2. The maximum atomic E-state index is 11.0. The SMILES string of the molecule is O=C(O)CCCC=CCC1C(OCc2ccc(CCc3ccccc3)cc2)CC(O)C1N1CCOCC1. The average molecular weight is 508 g/mol. The summed E-state index contributed by atoms with van der Waals surface area (Å²) < 4.78 is 12.0. The summed E-state index contributed by atoms with van der Waals surface area (Å²) in [6, 6.07) is 19.3. The van der Waals surface area contributed by atoms with E-state index in [2.05, 4.69) is 65.6 Å². The summed E-state index contributed by atoms with van der Waals surface area (Å²) in [6.07, 6.45) is 8.87. The standard InChI is InChI=1S/C31H41NO5/c33-28-22-29(37-23-26-16-14-25(15-17-26)13-12-24-8-4-3-5-9-24)27(10-6-1-2-7-11-30(34)35)31(28)32-18-20-36-21-19-32/h1,3-6,8-9,14-17,27-29,31,33H,2,7,10-13,18-23H2,(H,34,35). The highest BCUT2D eigenvalue weighted by Gasteiger charge is 2.45. The maximum absolute atomic E-state index is 11.0. The van der Waals surface area contributed by atoms with Gasteiger partial charge in [-0.05, 0) is 48.8 Å². The van der Waals surface area contributed by atoms with E-state index >= 15 is 0 Å². The van der Waals surface area contributed by atoms with Crippen molar-refractivity contribution in [2.24, 2.45) is 5.92 Å². The summed E-state index contributed by atoms with van der Waals surface area (Å²) in [7, 11) is 0. The van der Waals surface area contributed by atoms with Crippen molar-refractivity contribution in [3.63, 3.8) is 0 Å². The highest BCUT2D eigenvalue weighted by Crippen LogP contribution is 2.36. The molecule has 2 N–H and O–H groups in total. The number of allylic oxidation sites excluding steroid dienone is 2. The molecule has 0 aromatic heterocycles. The van der Waals surface area contributed by atoms with Crippen LogP contribution in [0.4, 0.5) is 0 Å². The molecule has 4 unspecified atom stereocenters. The van der Waals surface area contributed by atoms with Gasteiger partial charge >= 0.3 is 5.97 Å². The molecule has 2 aromatic rings. The molecular formula is C31H41NO5. The van der Waals surface area contributed by atoms with Crippen LogP contribution in [0.1, 0.15) is 48.8 Å². The van der Waals surface area contributed by atoms with Crippen molar-refractivity contribution in [2.75, 3.05) is 26.3 Å². The lowest BCUT2D eigenvalue weighted by atomic mass is 9.94. The molecule has 0 spiro atoms. The van der Waals surface area contributed by atoms with Gasteiger partial charge < -0.3 is 19.7 Å². The second-order valence-electron chi connectivity index (χ2n) is 10.3. The van der Waals surface area contributed by atoms with E-state index in [1.165, 1.54) is 11.1 Å². The Bertz CT molecular complexity index is 971. The average Bonchev–Trinajstić information content (AvgIpc) is 3.24. The Morgan fingerprint density at radius 3 is 2.35 bits per heavy atom. The number of benzene rings is 2. The number of unbranched alkanes of at least 4 members (excludes halogenated alkanes) is 1. The third-order valence-corrected chi connectivity index (χ3v) is 7.62. The summed E-state index contributed by atoms with van der Waals surface area (Å²) >= 11 is 0. The first-order valence-electron chi connectivity index (χ1n) is 13.7. The highest BCUT2D eigenvalue weighted by atomic mass is 16.5. The van der Waals surface area contributed by atoms with Crippen molar-refractivity contribution in [1.82, 2.24) is 4.90 Å². The Hall–Kier alpha value is -2.51. The molecule has 2 aliphatic rings. The van der Waals surface area contributed by atoms with Gasteiger partial charge in [0.1, 0.15) is 0 Å². The van der Waals surface area contributed by atoms with Crippen molar-refractivity contribution in [3.8, 4) is 0 Å². The van der Waals surface area contributed by atoms with Crippen LogP contribution in [0.25, 0.3) is 0 Å². The molecule has 2 aromatic carbocycles. The molecular weight excluding hydrogens is 466 g/mol. The van der Waals surface area contributed by atoms with Gasteiger partial charge in [0.15, 0.2) is 0 Å². The number of carboxylic acids is 1. The zero-order valence-corrected chi connectivity index (χ0v) is 21.7. The number of carbonyl (C=O) groups is 1. The molecule has 6 nitrogen and oxygen atoms in total. The number of nitrogens with zero attached hydrogens (tertiary/aromatic N) is 1. The Balaban J connectivity index is 1.32. The van der Waals surface area contributed by atoms with Crippen molar-refractivity contribution in [1.29, 1.82) is 0 Å². The van der Waals surface area contributed by atoms with Gasteiger partial charge in [0.2, 0.25) is 0 Å². The molecule has 1 saturated carbocycles. The Morgan fingerprint density at radius 1 is 0.973 bits per heavy atom. The number of aliphatic hydroxyl groups excluding tert-OH is 1. The van der Waals surface area contributed by atoms with Crippen LogP contribution >= 0.6 is 0 Å². The number of aryl methyl sites for hydroxylation is 2. The van der Waals surface area contributed by atoms with Crippen LogP contribution in [0.3, 0.4) is 0 Å². The summed E-state index contributed by atoms with van der Waals surface area (Å²) in [5, 5.41) is 19.9. The van der Waals surface area contributed by atoms with E-state index < -0.39 is 12.1 Å². The van der Waals surface area contributed by atoms with E-state index in [0.29, 0.717) is 32.7 Å². The van der Waals surface area contributed by atoms with Crippen LogP contribution in [-0.4, -0.2) is 65.6 Å². The predicted molar refractivity (Wildman–Crippen MR) is 144 cm³/mol. The molecule has 200 valence electrons. The minimum atomic E-state index is -0.752. The molecule has 0 bridgehead atoms. The number of hydrogen-bond acceptors (Lipinski definition) is 5. The van der Waals surface area contributed by atoms with Gasteiger partial charge in [0.25, 0.3) is 0 Å². The normalized spacial score (nSPS) is 24.6. The fourth-order valence-electron chi connectivity index (χ4n) is 5.61. The zero-order chi connectivity index (χ0) is 25.9. The van der Waals surface area contributed by atoms with E-state index in [4.69, 9.17) is 14.6 Å². The van der Waals surface area contributed by atoms with Crippen molar-refractivity contribution in [2.45, 2.75) is 69.8 Å². The highest BCUT2D eigenvalue weighted by molar-refractivity contribution is 5.66. The molecule has 0 amide bonds. The van der Waals surface area contributed by atoms with E-state index in [0.717, 1.165) is 44.3 Å². The van der Waals surface area contributed by atoms with Crippen LogP contribution < -0.4 is 0 Å². The first-order valence-corrected chi connectivity index (χ1v) is 13.7. The van der Waals surface area contributed by atoms with Crippen LogP contribution in [0, 0.1) is 5.92 Å². The number of aliphatic hydroxyl groups is 1. The van der Waals surface area contributed by atoms with Crippen LogP contribution in [0.2, 0.25) is 0 Å². The maximum Gasteiger partial charge on any atom is 0.303 e. The monoisotopic (exact) mass is 507 g/mol. The minimum absolute atomic E-state index is 0.0238. The molecule has 37 heavy (non-hydrogen) atoms. The van der Waals surface area contributed by atoms with Crippen molar-refractivity contribution in [3.05, 3.63) is 83.4 Å². The molecule has 1 aliphatic carbocycles. The van der Waals surface area contributed by atoms with E-state index in [9.17, 15) is 9.90 Å². The molecule has 1 saturated heterocycles. The Kier molecular flexibility index (Phi) is 10.7. The smallest absolute Gasteiger partial charge is 0.303 e. The zero-order valence-electron chi connectivity index (χ0n) is 21.7. The van der Waals surface area contributed by atoms with Crippen molar-refractivity contribution >= 4 is 5.97 Å². The number of carboxylic acid groups (broad SMARTS) is 1. The van der Waals surface area contributed by atoms with Gasteiger partial charge in [-0.1, -0.05) is 66.7 Å². The van der Waals surface area contributed by atoms with Gasteiger partial charge in [0, 0.05) is 37.9 Å². The first kappa shape index (κ1) is 27.5. The molecule has 1 aliphatic heterocycles. The molecule has 4 rings (SSSR count). The molecule has 6 heteroatoms. The summed E-state index contributed by atoms with van der Waals surface area (Å²) in [5.41, 5.74) is 3.82. The summed E-state index contributed by atoms with van der Waals surface area (Å²) in [6.45, 7) is 3.59. The van der Waals surface area contributed by atoms with E-state index in [1.54, 1.807) is 0 Å². The Morgan fingerprint density at radius 2 is 1.65 bits per heavy atom. The predicted octanol–water partition coefficient (Wildman–Crippen LogP) is 4.64. The van der Waals surface area contributed by atoms with Gasteiger partial charge in [0.05, 0.1) is 32.0 Å². The molecule has 4 atom stereocenters. The van der Waals surface area contributed by atoms with Crippen molar-refractivity contribution < 1.29 is 24.5 Å². The van der Waals surface area contributed by atoms with Gasteiger partial charge in [-0.2, -0.15) is 0 Å². The quantitative estimate of drug-likeness (QED) is 0.304. The Labute approximate surface area is 220 Å². The number of aliphatic carboxylic acids is 1. The second kappa shape index (κ2) is 14.4. The number of morpholine rings is 1. The van der Waals surface area contributed by atoms with Gasteiger partial charge in [-0.3, -0.25) is 9.69 Å². The molecule has 1 heterocycles. The lowest BCUT2D eigenvalue weighted by Gasteiger charge is -2.37. The topological polar surface area (TPSA) is 79.2 Å². The lowest BCUT2D eigenvalue weighted by Crippen LogP contribution is -2.50. The lowest BCUT2D eigenvalue weighted by molar-refractivity contribution is -0.137. The molecule has 0 radical (unpaired) electrons. The van der Waals surface area contributed by atoms with E-state index in [-0.39, 0.29) is 24.5 Å². The van der Waals surface area contributed by atoms with Gasteiger partial charge in [-0.25, -0.2) is 0 Å². The minimum Gasteiger partial charge on any atom is -0.481 e. The first-order chi connectivity index (χ1) is 18.1. The summed E-state index contributed by atoms with van der Waals surface area (Å²) in [5.74, 6) is -0.564. The number of ether oxygens (including phenoxy) is 2. The fraction of sp³-hybridized carbons (Fsp3) is 0.516. The van der Waals surface area contributed by atoms with Crippen LogP contribution in [-0.2, 0) is 33.7 Å². The van der Waals surface area contributed by atoms with E-state index in [1.807, 2.05) is 6.07 Å². The third-order valence-electron chi connectivity index (χ3n) is 7.62. The van der Waals surface area contributed by atoms with Crippen LogP contribution in [0.5, 0.6) is 0 Å².